The lowest BCUT2D eigenvalue weighted by Gasteiger charge is -2.16. The van der Waals surface area contributed by atoms with Crippen LogP contribution in [0.3, 0.4) is 0 Å². The van der Waals surface area contributed by atoms with E-state index in [1.807, 2.05) is 12.1 Å². The average molecular weight is 269 g/mol. The van der Waals surface area contributed by atoms with Crippen molar-refractivity contribution in [3.8, 4) is 11.5 Å². The van der Waals surface area contributed by atoms with Crippen molar-refractivity contribution in [2.75, 3.05) is 26.4 Å². The molecule has 1 fully saturated rings. The standard InChI is InChI=1S/C13H17ClN2O2/c14-11-3-10(4-12-13(11)18-8-17-12)7-16-2-1-9(5-15)6-16/h3-4,9H,1-2,5-8,15H2. The second-order valence-corrected chi connectivity index (χ2v) is 5.34. The second kappa shape index (κ2) is 4.96. The molecule has 1 aromatic carbocycles. The summed E-state index contributed by atoms with van der Waals surface area (Å²) in [6.45, 7) is 4.11. The molecule has 0 aromatic heterocycles. The van der Waals surface area contributed by atoms with Gasteiger partial charge in [-0.2, -0.15) is 0 Å². The van der Waals surface area contributed by atoms with Gasteiger partial charge in [-0.25, -0.2) is 0 Å². The van der Waals surface area contributed by atoms with Crippen molar-refractivity contribution in [1.29, 1.82) is 0 Å². The van der Waals surface area contributed by atoms with Gasteiger partial charge in [0.1, 0.15) is 0 Å². The number of halogens is 1. The summed E-state index contributed by atoms with van der Waals surface area (Å²) in [5, 5.41) is 0.634. The molecule has 1 aromatic rings. The summed E-state index contributed by atoms with van der Waals surface area (Å²) in [5.41, 5.74) is 6.87. The molecule has 1 atom stereocenters. The molecule has 1 unspecified atom stereocenters. The molecule has 0 bridgehead atoms. The molecule has 1 saturated heterocycles. The molecule has 2 aliphatic rings. The number of nitrogens with two attached hydrogens (primary N) is 1. The molecule has 5 heteroatoms. The largest absolute Gasteiger partial charge is 0.454 e. The van der Waals surface area contributed by atoms with E-state index in [2.05, 4.69) is 4.90 Å². The smallest absolute Gasteiger partial charge is 0.231 e. The summed E-state index contributed by atoms with van der Waals surface area (Å²) in [6.07, 6.45) is 1.19. The maximum atomic E-state index is 6.17. The number of likely N-dealkylation sites (tertiary alicyclic amines) is 1. The van der Waals surface area contributed by atoms with Crippen LogP contribution in [0.1, 0.15) is 12.0 Å². The van der Waals surface area contributed by atoms with Gasteiger partial charge in [-0.3, -0.25) is 4.90 Å². The molecule has 3 rings (SSSR count). The number of benzene rings is 1. The van der Waals surface area contributed by atoms with E-state index >= 15 is 0 Å². The first-order valence-corrected chi connectivity index (χ1v) is 6.64. The van der Waals surface area contributed by atoms with Crippen LogP contribution in [-0.2, 0) is 6.54 Å². The van der Waals surface area contributed by atoms with Gasteiger partial charge in [0.2, 0.25) is 6.79 Å². The zero-order chi connectivity index (χ0) is 12.5. The van der Waals surface area contributed by atoms with Crippen LogP contribution in [0, 0.1) is 5.92 Å². The molecule has 2 heterocycles. The minimum Gasteiger partial charge on any atom is -0.454 e. The minimum atomic E-state index is 0.261. The van der Waals surface area contributed by atoms with Crippen LogP contribution in [0.2, 0.25) is 5.02 Å². The molecule has 0 saturated carbocycles. The monoisotopic (exact) mass is 268 g/mol. The Labute approximate surface area is 112 Å². The number of rotatable bonds is 3. The normalized spacial score (nSPS) is 22.7. The van der Waals surface area contributed by atoms with Crippen molar-refractivity contribution in [2.45, 2.75) is 13.0 Å². The van der Waals surface area contributed by atoms with E-state index in [1.165, 1.54) is 12.0 Å². The van der Waals surface area contributed by atoms with Gasteiger partial charge in [-0.15, -0.1) is 0 Å². The van der Waals surface area contributed by atoms with Crippen molar-refractivity contribution in [3.05, 3.63) is 22.7 Å². The van der Waals surface area contributed by atoms with E-state index in [4.69, 9.17) is 26.8 Å². The highest BCUT2D eigenvalue weighted by atomic mass is 35.5. The van der Waals surface area contributed by atoms with Gasteiger partial charge in [-0.1, -0.05) is 11.6 Å². The second-order valence-electron chi connectivity index (χ2n) is 4.94. The minimum absolute atomic E-state index is 0.261. The Morgan fingerprint density at radius 2 is 2.28 bits per heavy atom. The lowest BCUT2D eigenvalue weighted by Crippen LogP contribution is -2.22. The first kappa shape index (κ1) is 12.1. The lowest BCUT2D eigenvalue weighted by molar-refractivity contribution is 0.174. The van der Waals surface area contributed by atoms with E-state index in [-0.39, 0.29) is 6.79 Å². The Kier molecular flexibility index (Phi) is 3.33. The third-order valence-electron chi connectivity index (χ3n) is 3.60. The van der Waals surface area contributed by atoms with Crippen molar-refractivity contribution in [2.24, 2.45) is 11.7 Å². The van der Waals surface area contributed by atoms with E-state index in [9.17, 15) is 0 Å². The highest BCUT2D eigenvalue weighted by Crippen LogP contribution is 2.40. The Balaban J connectivity index is 1.72. The summed E-state index contributed by atoms with van der Waals surface area (Å²) in [4.78, 5) is 2.41. The Morgan fingerprint density at radius 3 is 3.06 bits per heavy atom. The highest BCUT2D eigenvalue weighted by molar-refractivity contribution is 6.32. The molecule has 0 radical (unpaired) electrons. The van der Waals surface area contributed by atoms with E-state index in [0.717, 1.165) is 31.9 Å². The molecule has 2 aliphatic heterocycles. The van der Waals surface area contributed by atoms with Gasteiger partial charge >= 0.3 is 0 Å². The van der Waals surface area contributed by atoms with Crippen molar-refractivity contribution < 1.29 is 9.47 Å². The maximum absolute atomic E-state index is 6.17. The Hall–Kier alpha value is -0.970. The zero-order valence-electron chi connectivity index (χ0n) is 10.2. The zero-order valence-corrected chi connectivity index (χ0v) is 10.9. The van der Waals surface area contributed by atoms with Crippen molar-refractivity contribution in [1.82, 2.24) is 4.90 Å². The van der Waals surface area contributed by atoms with Gasteiger partial charge in [0.05, 0.1) is 5.02 Å². The van der Waals surface area contributed by atoms with Crippen LogP contribution in [0.5, 0.6) is 11.5 Å². The van der Waals surface area contributed by atoms with Crippen molar-refractivity contribution >= 4 is 11.6 Å². The van der Waals surface area contributed by atoms with Crippen LogP contribution in [-0.4, -0.2) is 31.3 Å². The highest BCUT2D eigenvalue weighted by Gasteiger charge is 2.23. The molecule has 18 heavy (non-hydrogen) atoms. The molecular formula is C13H17ClN2O2. The molecule has 0 spiro atoms. The molecule has 98 valence electrons. The predicted octanol–water partition coefficient (Wildman–Crippen LogP) is 1.85. The number of fused-ring (bicyclic) bond motifs is 1. The first-order chi connectivity index (χ1) is 8.76. The Bertz CT molecular complexity index is 453. The Morgan fingerprint density at radius 1 is 1.39 bits per heavy atom. The third-order valence-corrected chi connectivity index (χ3v) is 3.88. The fourth-order valence-corrected chi connectivity index (χ4v) is 2.91. The summed E-state index contributed by atoms with van der Waals surface area (Å²) in [6, 6.07) is 3.98. The van der Waals surface area contributed by atoms with Crippen LogP contribution in [0.25, 0.3) is 0 Å². The number of hydrogen-bond donors (Lipinski definition) is 1. The maximum Gasteiger partial charge on any atom is 0.231 e. The number of nitrogens with zero attached hydrogens (tertiary/aromatic N) is 1. The molecular weight excluding hydrogens is 252 g/mol. The third kappa shape index (κ3) is 2.28. The molecule has 2 N–H and O–H groups in total. The number of ether oxygens (including phenoxy) is 2. The molecule has 0 aliphatic carbocycles. The van der Waals surface area contributed by atoms with Crippen LogP contribution in [0.4, 0.5) is 0 Å². The van der Waals surface area contributed by atoms with Crippen molar-refractivity contribution in [3.63, 3.8) is 0 Å². The summed E-state index contributed by atoms with van der Waals surface area (Å²) in [7, 11) is 0. The topological polar surface area (TPSA) is 47.7 Å². The van der Waals surface area contributed by atoms with Gasteiger partial charge in [0.15, 0.2) is 11.5 Å². The molecule has 0 amide bonds. The summed E-state index contributed by atoms with van der Waals surface area (Å²) >= 11 is 6.17. The quantitative estimate of drug-likeness (QED) is 0.909. The fraction of sp³-hybridized carbons (Fsp3) is 0.538. The molecule has 4 nitrogen and oxygen atoms in total. The lowest BCUT2D eigenvalue weighted by atomic mass is 10.1. The van der Waals surface area contributed by atoms with Gasteiger partial charge < -0.3 is 15.2 Å². The van der Waals surface area contributed by atoms with Gasteiger partial charge in [-0.05, 0) is 43.1 Å². The first-order valence-electron chi connectivity index (χ1n) is 6.26. The SMILES string of the molecule is NCC1CCN(Cc2cc(Cl)c3c(c2)OCO3)C1. The average Bonchev–Trinajstić information content (AvgIpc) is 2.97. The van der Waals surface area contributed by atoms with Gasteiger partial charge in [0, 0.05) is 13.1 Å². The number of hydrogen-bond acceptors (Lipinski definition) is 4. The van der Waals surface area contributed by atoms with E-state index in [0.29, 0.717) is 16.7 Å². The summed E-state index contributed by atoms with van der Waals surface area (Å²) < 4.78 is 10.7. The van der Waals surface area contributed by atoms with E-state index in [1.54, 1.807) is 0 Å². The fourth-order valence-electron chi connectivity index (χ4n) is 2.62. The van der Waals surface area contributed by atoms with Gasteiger partial charge in [0.25, 0.3) is 0 Å². The van der Waals surface area contributed by atoms with Crippen LogP contribution >= 0.6 is 11.6 Å². The summed E-state index contributed by atoms with van der Waals surface area (Å²) in [5.74, 6) is 2.06. The van der Waals surface area contributed by atoms with Crippen LogP contribution in [0.15, 0.2) is 12.1 Å². The van der Waals surface area contributed by atoms with Crippen LogP contribution < -0.4 is 15.2 Å². The van der Waals surface area contributed by atoms with E-state index < -0.39 is 0 Å². The predicted molar refractivity (Wildman–Crippen MR) is 70.0 cm³/mol.